The lowest BCUT2D eigenvalue weighted by molar-refractivity contribution is -0.140. The Morgan fingerprint density at radius 2 is 1.82 bits per heavy atom. The number of amides is 4. The van der Waals surface area contributed by atoms with Gasteiger partial charge in [0, 0.05) is 20.1 Å². The monoisotopic (exact) mass is 554 g/mol. The number of carbonyl (C=O) groups excluding carboxylic acids is 4. The molecule has 1 aliphatic heterocycles. The fourth-order valence-electron chi connectivity index (χ4n) is 4.34. The van der Waals surface area contributed by atoms with E-state index in [1.807, 2.05) is 25.1 Å². The first-order chi connectivity index (χ1) is 19.3. The number of fused-ring (bicyclic) bond motifs is 1. The first-order valence-electron chi connectivity index (χ1n) is 13.3. The molecule has 0 aromatic heterocycles. The molecule has 216 valence electrons. The van der Waals surface area contributed by atoms with E-state index in [1.54, 1.807) is 43.4 Å². The van der Waals surface area contributed by atoms with Gasteiger partial charge in [0.25, 0.3) is 5.91 Å². The van der Waals surface area contributed by atoms with Gasteiger partial charge in [-0.05, 0) is 49.6 Å². The third kappa shape index (κ3) is 8.11. The van der Waals surface area contributed by atoms with E-state index in [2.05, 4.69) is 10.6 Å². The van der Waals surface area contributed by atoms with Crippen molar-refractivity contribution < 1.29 is 33.4 Å². The Labute approximate surface area is 234 Å². The van der Waals surface area contributed by atoms with E-state index >= 15 is 0 Å². The van der Waals surface area contributed by atoms with E-state index in [4.69, 9.17) is 14.2 Å². The Balaban J connectivity index is 1.72. The molecule has 0 spiro atoms. The summed E-state index contributed by atoms with van der Waals surface area (Å²) in [5.41, 5.74) is 1.25. The van der Waals surface area contributed by atoms with Crippen LogP contribution in [0.1, 0.15) is 35.7 Å². The topological polar surface area (TPSA) is 127 Å². The molecule has 2 N–H and O–H groups in total. The highest BCUT2D eigenvalue weighted by Gasteiger charge is 2.28. The highest BCUT2D eigenvalue weighted by Crippen LogP contribution is 2.28. The number of para-hydroxylation sites is 1. The molecule has 1 heterocycles. The minimum Gasteiger partial charge on any atom is -0.493 e. The number of aryl methyl sites for hydroxylation is 1. The molecule has 40 heavy (non-hydrogen) atoms. The molecule has 4 amide bonds. The molecule has 0 radical (unpaired) electrons. The van der Waals surface area contributed by atoms with E-state index in [1.165, 1.54) is 11.9 Å². The molecule has 1 aliphatic rings. The largest absolute Gasteiger partial charge is 0.493 e. The van der Waals surface area contributed by atoms with Crippen molar-refractivity contribution in [1.29, 1.82) is 0 Å². The summed E-state index contributed by atoms with van der Waals surface area (Å²) in [4.78, 5) is 55.0. The van der Waals surface area contributed by atoms with Gasteiger partial charge < -0.3 is 34.6 Å². The molecular formula is C29H38N4O7. The van der Waals surface area contributed by atoms with Crippen molar-refractivity contribution in [3.05, 3.63) is 53.6 Å². The minimum atomic E-state index is -1.14. The predicted molar refractivity (Wildman–Crippen MR) is 149 cm³/mol. The van der Waals surface area contributed by atoms with Gasteiger partial charge in [0.2, 0.25) is 17.7 Å². The summed E-state index contributed by atoms with van der Waals surface area (Å²) in [6, 6.07) is 11.2. The Morgan fingerprint density at radius 3 is 2.55 bits per heavy atom. The second kappa shape index (κ2) is 14.8. The standard InChI is InChI=1S/C29H38N4O7/c1-5-33-15-16-40-23-11-7-6-10-21(23)28(36)31-22(18-26(34)32(2)19-27(33)35)29(37)30-14-8-9-20-12-13-24(38-3)25(17-20)39-4/h6-7,10-13,17,22H,5,8-9,14-16,18-19H2,1-4H3,(H,30,37)(H,31,36)/t22-/m0/s1. The number of likely N-dealkylation sites (N-methyl/N-ethyl adjacent to an activating group) is 2. The van der Waals surface area contributed by atoms with Crippen LogP contribution in [0.4, 0.5) is 0 Å². The van der Waals surface area contributed by atoms with Gasteiger partial charge in [-0.15, -0.1) is 0 Å². The number of benzene rings is 2. The SMILES string of the molecule is CCN1CCOc2ccccc2C(=O)N[C@H](C(=O)NCCCc2ccc(OC)c(OC)c2)CC(=O)N(C)CC1=O. The van der Waals surface area contributed by atoms with Crippen LogP contribution in [0.25, 0.3) is 0 Å². The Hall–Kier alpha value is -4.28. The fourth-order valence-corrected chi connectivity index (χ4v) is 4.34. The van der Waals surface area contributed by atoms with Crippen molar-refractivity contribution >= 4 is 23.6 Å². The summed E-state index contributed by atoms with van der Waals surface area (Å²) in [6.45, 7) is 2.95. The van der Waals surface area contributed by atoms with Crippen LogP contribution >= 0.6 is 0 Å². The number of carbonyl (C=O) groups is 4. The normalized spacial score (nSPS) is 16.8. The molecule has 0 aliphatic carbocycles. The Kier molecular flexibility index (Phi) is 11.2. The minimum absolute atomic E-state index is 0.142. The summed E-state index contributed by atoms with van der Waals surface area (Å²) in [7, 11) is 4.65. The van der Waals surface area contributed by atoms with Crippen LogP contribution in [-0.2, 0) is 20.8 Å². The summed E-state index contributed by atoms with van der Waals surface area (Å²) >= 11 is 0. The number of ether oxygens (including phenoxy) is 3. The highest BCUT2D eigenvalue weighted by atomic mass is 16.5. The van der Waals surface area contributed by atoms with E-state index in [9.17, 15) is 19.2 Å². The van der Waals surface area contributed by atoms with Crippen LogP contribution in [0.5, 0.6) is 17.2 Å². The second-order valence-corrected chi connectivity index (χ2v) is 9.38. The molecule has 0 unspecified atom stereocenters. The van der Waals surface area contributed by atoms with Crippen LogP contribution in [0, 0.1) is 0 Å². The molecule has 1 atom stereocenters. The van der Waals surface area contributed by atoms with Gasteiger partial charge in [-0.2, -0.15) is 0 Å². The Morgan fingerprint density at radius 1 is 1.07 bits per heavy atom. The van der Waals surface area contributed by atoms with Crippen molar-refractivity contribution in [1.82, 2.24) is 20.4 Å². The molecule has 0 saturated heterocycles. The average Bonchev–Trinajstić information content (AvgIpc) is 2.96. The molecule has 0 bridgehead atoms. The van der Waals surface area contributed by atoms with Crippen LogP contribution in [0.15, 0.2) is 42.5 Å². The fraction of sp³-hybridized carbons (Fsp3) is 0.448. The maximum atomic E-state index is 13.2. The van der Waals surface area contributed by atoms with Gasteiger partial charge in [-0.1, -0.05) is 18.2 Å². The summed E-state index contributed by atoms with van der Waals surface area (Å²) in [5, 5.41) is 5.52. The van der Waals surface area contributed by atoms with Crippen molar-refractivity contribution in [3.8, 4) is 17.2 Å². The van der Waals surface area contributed by atoms with Crippen LogP contribution in [0.3, 0.4) is 0 Å². The lowest BCUT2D eigenvalue weighted by Crippen LogP contribution is -2.50. The number of hydrogen-bond acceptors (Lipinski definition) is 7. The first-order valence-corrected chi connectivity index (χ1v) is 13.3. The molecule has 2 aromatic rings. The van der Waals surface area contributed by atoms with Gasteiger partial charge in [0.15, 0.2) is 11.5 Å². The summed E-state index contributed by atoms with van der Waals surface area (Å²) < 4.78 is 16.4. The van der Waals surface area contributed by atoms with E-state index < -0.39 is 23.8 Å². The summed E-state index contributed by atoms with van der Waals surface area (Å²) in [6.07, 6.45) is 0.986. The number of hydrogen-bond donors (Lipinski definition) is 2. The van der Waals surface area contributed by atoms with Crippen LogP contribution in [0.2, 0.25) is 0 Å². The third-order valence-corrected chi connectivity index (χ3v) is 6.67. The second-order valence-electron chi connectivity index (χ2n) is 9.38. The van der Waals surface area contributed by atoms with Gasteiger partial charge >= 0.3 is 0 Å². The van der Waals surface area contributed by atoms with E-state index in [-0.39, 0.29) is 31.0 Å². The number of nitrogens with one attached hydrogen (secondary N) is 2. The average molecular weight is 555 g/mol. The zero-order valence-electron chi connectivity index (χ0n) is 23.5. The van der Waals surface area contributed by atoms with Crippen molar-refractivity contribution in [2.45, 2.75) is 32.2 Å². The number of rotatable bonds is 8. The van der Waals surface area contributed by atoms with Crippen LogP contribution < -0.4 is 24.8 Å². The first kappa shape index (κ1) is 30.3. The molecule has 0 fully saturated rings. The number of methoxy groups -OCH3 is 2. The maximum Gasteiger partial charge on any atom is 0.255 e. The van der Waals surface area contributed by atoms with Crippen molar-refractivity contribution in [3.63, 3.8) is 0 Å². The van der Waals surface area contributed by atoms with Gasteiger partial charge in [0.1, 0.15) is 18.4 Å². The quantitative estimate of drug-likeness (QED) is 0.475. The predicted octanol–water partition coefficient (Wildman–Crippen LogP) is 1.64. The van der Waals surface area contributed by atoms with Gasteiger partial charge in [-0.3, -0.25) is 19.2 Å². The van der Waals surface area contributed by atoms with E-state index in [0.717, 1.165) is 5.56 Å². The van der Waals surface area contributed by atoms with Crippen molar-refractivity contribution in [2.24, 2.45) is 0 Å². The van der Waals surface area contributed by atoms with Crippen LogP contribution in [-0.4, -0.2) is 93.5 Å². The smallest absolute Gasteiger partial charge is 0.255 e. The molecule has 11 heteroatoms. The van der Waals surface area contributed by atoms with Crippen molar-refractivity contribution in [2.75, 3.05) is 54.1 Å². The molecule has 0 saturated carbocycles. The van der Waals surface area contributed by atoms with Gasteiger partial charge in [-0.25, -0.2) is 0 Å². The molecule has 11 nitrogen and oxygen atoms in total. The zero-order chi connectivity index (χ0) is 29.1. The lowest BCUT2D eigenvalue weighted by Gasteiger charge is -2.27. The lowest BCUT2D eigenvalue weighted by atomic mass is 10.1. The molecular weight excluding hydrogens is 516 g/mol. The van der Waals surface area contributed by atoms with E-state index in [0.29, 0.717) is 49.7 Å². The Bertz CT molecular complexity index is 1200. The number of nitrogens with zero attached hydrogens (tertiary/aromatic N) is 2. The maximum absolute atomic E-state index is 13.2. The zero-order valence-corrected chi connectivity index (χ0v) is 23.5. The van der Waals surface area contributed by atoms with Gasteiger partial charge in [0.05, 0.1) is 39.3 Å². The highest BCUT2D eigenvalue weighted by molar-refractivity contribution is 6.00. The third-order valence-electron chi connectivity index (χ3n) is 6.67. The molecule has 3 rings (SSSR count). The summed E-state index contributed by atoms with van der Waals surface area (Å²) in [5.74, 6) is -0.0949. The molecule has 2 aromatic carbocycles.